The number of aryl methyl sites for hydroxylation is 2. The highest BCUT2D eigenvalue weighted by molar-refractivity contribution is 7.98. The average molecular weight is 289 g/mol. The number of hydrogen-bond acceptors (Lipinski definition) is 4. The molecule has 1 aliphatic rings. The summed E-state index contributed by atoms with van der Waals surface area (Å²) in [5.74, 6) is 1.14. The van der Waals surface area contributed by atoms with Crippen LogP contribution in [0.4, 0.5) is 0 Å². The van der Waals surface area contributed by atoms with E-state index in [0.717, 1.165) is 34.2 Å². The van der Waals surface area contributed by atoms with Gasteiger partial charge < -0.3 is 0 Å². The Hall–Kier alpha value is -1.13. The third-order valence-electron chi connectivity index (χ3n) is 3.16. The van der Waals surface area contributed by atoms with E-state index in [4.69, 9.17) is 0 Å². The van der Waals surface area contributed by atoms with Crippen molar-refractivity contribution < 1.29 is 4.79 Å². The Morgan fingerprint density at radius 3 is 3.05 bits per heavy atom. The van der Waals surface area contributed by atoms with Gasteiger partial charge in [-0.05, 0) is 31.9 Å². The lowest BCUT2D eigenvalue weighted by molar-refractivity contribution is 0.0976. The van der Waals surface area contributed by atoms with E-state index in [-0.39, 0.29) is 5.78 Å². The number of benzene rings is 1. The van der Waals surface area contributed by atoms with Crippen LogP contribution in [0.25, 0.3) is 0 Å². The molecule has 2 aromatic rings. The zero-order valence-corrected chi connectivity index (χ0v) is 12.4. The summed E-state index contributed by atoms with van der Waals surface area (Å²) >= 11 is 3.37. The van der Waals surface area contributed by atoms with Crippen LogP contribution in [-0.4, -0.2) is 10.8 Å². The fraction of sp³-hybridized carbons (Fsp3) is 0.333. The average Bonchev–Trinajstić information content (AvgIpc) is 2.81. The third-order valence-corrected chi connectivity index (χ3v) is 5.49. The van der Waals surface area contributed by atoms with Crippen LogP contribution in [-0.2, 0) is 12.2 Å². The van der Waals surface area contributed by atoms with Gasteiger partial charge in [0, 0.05) is 11.3 Å². The number of ketones is 1. The molecule has 3 rings (SSSR count). The fourth-order valence-electron chi connectivity index (χ4n) is 2.23. The number of carbonyl (C=O) groups excluding carboxylic acids is 1. The highest BCUT2D eigenvalue weighted by Crippen LogP contribution is 2.31. The molecule has 0 fully saturated rings. The molecule has 19 heavy (non-hydrogen) atoms. The molecule has 0 saturated heterocycles. The summed E-state index contributed by atoms with van der Waals surface area (Å²) in [4.78, 5) is 18.6. The van der Waals surface area contributed by atoms with Gasteiger partial charge >= 0.3 is 0 Å². The molecule has 1 aromatic carbocycles. The molecule has 0 unspecified atom stereocenters. The van der Waals surface area contributed by atoms with Crippen LogP contribution in [0.15, 0.2) is 29.2 Å². The van der Waals surface area contributed by atoms with E-state index in [1.54, 1.807) is 23.1 Å². The second-order valence-corrected chi connectivity index (χ2v) is 6.90. The molecule has 0 amide bonds. The van der Waals surface area contributed by atoms with Crippen molar-refractivity contribution in [3.63, 3.8) is 0 Å². The predicted molar refractivity (Wildman–Crippen MR) is 80.1 cm³/mol. The Labute approximate surface area is 121 Å². The lowest BCUT2D eigenvalue weighted by Crippen LogP contribution is -2.07. The minimum Gasteiger partial charge on any atom is -0.293 e. The number of rotatable bonds is 3. The van der Waals surface area contributed by atoms with Crippen molar-refractivity contribution in [3.05, 3.63) is 45.4 Å². The van der Waals surface area contributed by atoms with Gasteiger partial charge in [-0.2, -0.15) is 0 Å². The predicted octanol–water partition coefficient (Wildman–Crippen LogP) is 4.26. The zero-order chi connectivity index (χ0) is 13.2. The molecule has 0 bridgehead atoms. The molecule has 1 aromatic heterocycles. The van der Waals surface area contributed by atoms with Gasteiger partial charge in [-0.3, -0.25) is 4.79 Å². The summed E-state index contributed by atoms with van der Waals surface area (Å²) in [6.07, 6.45) is 2.62. The zero-order valence-electron chi connectivity index (χ0n) is 10.8. The van der Waals surface area contributed by atoms with Gasteiger partial charge in [0.1, 0.15) is 5.01 Å². The monoisotopic (exact) mass is 289 g/mol. The first-order valence-corrected chi connectivity index (χ1v) is 8.24. The number of Topliss-reactive ketones (excluding diaryl/α,β-unsaturated/α-hetero) is 1. The van der Waals surface area contributed by atoms with Gasteiger partial charge in [-0.1, -0.05) is 17.7 Å². The van der Waals surface area contributed by atoms with E-state index in [0.29, 0.717) is 6.42 Å². The molecule has 0 N–H and O–H groups in total. The fourth-order valence-corrected chi connectivity index (χ4v) is 4.31. The van der Waals surface area contributed by atoms with E-state index >= 15 is 0 Å². The Morgan fingerprint density at radius 2 is 2.26 bits per heavy atom. The van der Waals surface area contributed by atoms with Crippen molar-refractivity contribution in [3.8, 4) is 0 Å². The highest BCUT2D eigenvalue weighted by Gasteiger charge is 2.21. The molecular formula is C15H15NOS2. The highest BCUT2D eigenvalue weighted by atomic mass is 32.2. The standard InChI is InChI=1S/C15H15NOS2/c1-10-4-2-5-11(8-10)18-9-14-16-12-6-3-7-13(17)15(12)19-14/h2,4-5,8H,3,6-7,9H2,1H3. The smallest absolute Gasteiger partial charge is 0.174 e. The number of thiazole rings is 1. The molecule has 1 heterocycles. The second-order valence-electron chi connectivity index (χ2n) is 4.77. The van der Waals surface area contributed by atoms with E-state index in [2.05, 4.69) is 36.2 Å². The van der Waals surface area contributed by atoms with E-state index < -0.39 is 0 Å². The van der Waals surface area contributed by atoms with Crippen molar-refractivity contribution in [2.45, 2.75) is 36.8 Å². The Morgan fingerprint density at radius 1 is 1.37 bits per heavy atom. The molecular weight excluding hydrogens is 274 g/mol. The molecule has 0 saturated carbocycles. The molecule has 1 aliphatic carbocycles. The Balaban J connectivity index is 1.72. The molecule has 0 radical (unpaired) electrons. The van der Waals surface area contributed by atoms with Gasteiger partial charge in [-0.15, -0.1) is 23.1 Å². The first-order valence-electron chi connectivity index (χ1n) is 6.43. The minimum absolute atomic E-state index is 0.283. The minimum atomic E-state index is 0.283. The van der Waals surface area contributed by atoms with Gasteiger partial charge in [0.25, 0.3) is 0 Å². The van der Waals surface area contributed by atoms with Crippen LogP contribution < -0.4 is 0 Å². The van der Waals surface area contributed by atoms with Crippen LogP contribution in [0.1, 0.15) is 38.8 Å². The summed E-state index contributed by atoms with van der Waals surface area (Å²) in [5, 5.41) is 1.08. The van der Waals surface area contributed by atoms with E-state index in [9.17, 15) is 4.79 Å². The van der Waals surface area contributed by atoms with Crippen LogP contribution >= 0.6 is 23.1 Å². The number of nitrogens with zero attached hydrogens (tertiary/aromatic N) is 1. The van der Waals surface area contributed by atoms with E-state index in [1.165, 1.54) is 10.5 Å². The second kappa shape index (κ2) is 5.47. The Kier molecular flexibility index (Phi) is 3.71. The lowest BCUT2D eigenvalue weighted by atomic mass is 10.0. The molecule has 0 atom stereocenters. The Bertz CT molecular complexity index is 618. The summed E-state index contributed by atoms with van der Waals surface area (Å²) in [5.41, 5.74) is 2.31. The molecule has 98 valence electrons. The summed E-state index contributed by atoms with van der Waals surface area (Å²) in [6, 6.07) is 8.48. The summed E-state index contributed by atoms with van der Waals surface area (Å²) in [7, 11) is 0. The molecule has 0 aliphatic heterocycles. The van der Waals surface area contributed by atoms with Crippen molar-refractivity contribution in [2.24, 2.45) is 0 Å². The third kappa shape index (κ3) is 2.90. The number of thioether (sulfide) groups is 1. The lowest BCUT2D eigenvalue weighted by Gasteiger charge is -2.06. The first-order chi connectivity index (χ1) is 9.22. The van der Waals surface area contributed by atoms with Gasteiger partial charge in [0.05, 0.1) is 16.3 Å². The summed E-state index contributed by atoms with van der Waals surface area (Å²) < 4.78 is 0. The number of aromatic nitrogens is 1. The topological polar surface area (TPSA) is 30.0 Å². The maximum Gasteiger partial charge on any atom is 0.174 e. The molecule has 4 heteroatoms. The van der Waals surface area contributed by atoms with Gasteiger partial charge in [-0.25, -0.2) is 4.98 Å². The van der Waals surface area contributed by atoms with Crippen molar-refractivity contribution in [1.29, 1.82) is 0 Å². The van der Waals surface area contributed by atoms with Gasteiger partial charge in [0.15, 0.2) is 5.78 Å². The largest absolute Gasteiger partial charge is 0.293 e. The quantitative estimate of drug-likeness (QED) is 0.791. The van der Waals surface area contributed by atoms with Crippen molar-refractivity contribution in [2.75, 3.05) is 0 Å². The van der Waals surface area contributed by atoms with Crippen LogP contribution in [0.3, 0.4) is 0 Å². The van der Waals surface area contributed by atoms with Crippen molar-refractivity contribution in [1.82, 2.24) is 4.98 Å². The summed E-state index contributed by atoms with van der Waals surface area (Å²) in [6.45, 7) is 2.10. The van der Waals surface area contributed by atoms with Gasteiger partial charge in [0.2, 0.25) is 0 Å². The maximum atomic E-state index is 11.8. The van der Waals surface area contributed by atoms with Crippen LogP contribution in [0, 0.1) is 6.92 Å². The number of carbonyl (C=O) groups is 1. The molecule has 2 nitrogen and oxygen atoms in total. The van der Waals surface area contributed by atoms with Crippen LogP contribution in [0.2, 0.25) is 0 Å². The maximum absolute atomic E-state index is 11.8. The first kappa shape index (κ1) is 12.9. The normalized spacial score (nSPS) is 14.5. The van der Waals surface area contributed by atoms with Crippen LogP contribution in [0.5, 0.6) is 0 Å². The van der Waals surface area contributed by atoms with E-state index in [1.807, 2.05) is 0 Å². The SMILES string of the molecule is Cc1cccc(SCc2nc3c(s2)C(=O)CCC3)c1. The number of fused-ring (bicyclic) bond motifs is 1. The number of hydrogen-bond donors (Lipinski definition) is 0. The molecule has 0 spiro atoms. The van der Waals surface area contributed by atoms with Crippen molar-refractivity contribution >= 4 is 28.9 Å².